The van der Waals surface area contributed by atoms with Crippen molar-refractivity contribution < 1.29 is 34.4 Å². The van der Waals surface area contributed by atoms with Crippen LogP contribution in [0.4, 0.5) is 0 Å². The second-order valence-electron chi connectivity index (χ2n) is 4.93. The molecule has 3 N–H and O–H groups in total. The third kappa shape index (κ3) is 5.02. The number of ether oxygens (including phenoxy) is 2. The van der Waals surface area contributed by atoms with Gasteiger partial charge in [-0.1, -0.05) is 32.6 Å². The molecule has 0 aromatic rings. The van der Waals surface area contributed by atoms with Crippen molar-refractivity contribution >= 4 is 11.9 Å². The monoisotopic (exact) mass is 302 g/mol. The minimum atomic E-state index is -1.45. The molecule has 0 aliphatic carbocycles. The van der Waals surface area contributed by atoms with Crippen molar-refractivity contribution in [3.63, 3.8) is 0 Å². The maximum Gasteiger partial charge on any atom is 0.378 e. The van der Waals surface area contributed by atoms with Crippen LogP contribution in [0.15, 0.2) is 11.5 Å². The third-order valence-corrected chi connectivity index (χ3v) is 3.16. The van der Waals surface area contributed by atoms with Gasteiger partial charge in [0.2, 0.25) is 11.5 Å². The Morgan fingerprint density at radius 2 is 2.00 bits per heavy atom. The third-order valence-electron chi connectivity index (χ3n) is 3.16. The average molecular weight is 302 g/mol. The average Bonchev–Trinajstić information content (AvgIpc) is 2.74. The number of carbonyl (C=O) groups excluding carboxylic acids is 2. The molecule has 0 fully saturated rings. The fraction of sp³-hybridized carbons (Fsp3) is 0.714. The number of carbonyl (C=O) groups is 2. The molecule has 0 aromatic carbocycles. The zero-order valence-corrected chi connectivity index (χ0v) is 12.1. The first-order chi connectivity index (χ1) is 10.0. The van der Waals surface area contributed by atoms with Gasteiger partial charge in [0.15, 0.2) is 6.10 Å². The standard InChI is InChI=1S/C14H22O7/c1-2-3-4-5-6-7-10(17)20-13-11(18)14(19)21-12(13)9(16)8-15/h9,12,15-16,18H,2-8H2,1H3/t9-,12+/m0/s1. The van der Waals surface area contributed by atoms with Gasteiger partial charge in [0, 0.05) is 6.42 Å². The van der Waals surface area contributed by atoms with E-state index in [1.54, 1.807) is 0 Å². The van der Waals surface area contributed by atoms with Gasteiger partial charge in [0.1, 0.15) is 6.10 Å². The summed E-state index contributed by atoms with van der Waals surface area (Å²) in [6.45, 7) is 1.40. The van der Waals surface area contributed by atoms with Crippen LogP contribution in [0, 0.1) is 0 Å². The highest BCUT2D eigenvalue weighted by molar-refractivity contribution is 5.90. The second-order valence-corrected chi connectivity index (χ2v) is 4.93. The van der Waals surface area contributed by atoms with Crippen molar-refractivity contribution in [1.82, 2.24) is 0 Å². The SMILES string of the molecule is CCCCCCCC(=O)OC1=C(O)C(=O)O[C@@H]1[C@@H](O)CO. The molecule has 21 heavy (non-hydrogen) atoms. The summed E-state index contributed by atoms with van der Waals surface area (Å²) >= 11 is 0. The van der Waals surface area contributed by atoms with Gasteiger partial charge >= 0.3 is 11.9 Å². The van der Waals surface area contributed by atoms with Crippen molar-refractivity contribution in [2.75, 3.05) is 6.61 Å². The Bertz CT molecular complexity index is 402. The van der Waals surface area contributed by atoms with Crippen LogP contribution in [0.5, 0.6) is 0 Å². The fourth-order valence-electron chi connectivity index (χ4n) is 1.96. The highest BCUT2D eigenvalue weighted by Crippen LogP contribution is 2.25. The maximum absolute atomic E-state index is 11.7. The van der Waals surface area contributed by atoms with Crippen LogP contribution in [0.1, 0.15) is 45.4 Å². The number of hydrogen-bond donors (Lipinski definition) is 3. The molecule has 7 heteroatoms. The van der Waals surface area contributed by atoms with Gasteiger partial charge in [0.25, 0.3) is 0 Å². The van der Waals surface area contributed by atoms with Gasteiger partial charge in [-0.2, -0.15) is 0 Å². The van der Waals surface area contributed by atoms with E-state index in [4.69, 9.17) is 9.84 Å². The number of rotatable bonds is 9. The minimum absolute atomic E-state index is 0.149. The van der Waals surface area contributed by atoms with Crippen LogP contribution in [-0.4, -0.2) is 46.1 Å². The second kappa shape index (κ2) is 8.63. The first kappa shape index (κ1) is 17.5. The predicted molar refractivity (Wildman–Crippen MR) is 72.1 cm³/mol. The van der Waals surface area contributed by atoms with Crippen LogP contribution in [0.3, 0.4) is 0 Å². The van der Waals surface area contributed by atoms with E-state index in [-0.39, 0.29) is 6.42 Å². The Hall–Kier alpha value is -1.60. The zero-order chi connectivity index (χ0) is 15.8. The van der Waals surface area contributed by atoms with E-state index in [9.17, 15) is 19.8 Å². The molecule has 1 rings (SSSR count). The highest BCUT2D eigenvalue weighted by atomic mass is 16.6. The van der Waals surface area contributed by atoms with E-state index in [1.165, 1.54) is 0 Å². The summed E-state index contributed by atoms with van der Waals surface area (Å²) in [6.07, 6.45) is 2.12. The summed E-state index contributed by atoms with van der Waals surface area (Å²) in [6, 6.07) is 0. The van der Waals surface area contributed by atoms with Crippen molar-refractivity contribution in [2.24, 2.45) is 0 Å². The molecule has 1 aliphatic rings. The molecule has 0 amide bonds. The van der Waals surface area contributed by atoms with Gasteiger partial charge < -0.3 is 24.8 Å². The Morgan fingerprint density at radius 1 is 1.33 bits per heavy atom. The largest absolute Gasteiger partial charge is 0.499 e. The van der Waals surface area contributed by atoms with E-state index >= 15 is 0 Å². The van der Waals surface area contributed by atoms with Crippen molar-refractivity contribution in [3.8, 4) is 0 Å². The lowest BCUT2D eigenvalue weighted by atomic mass is 10.1. The van der Waals surface area contributed by atoms with E-state index in [2.05, 4.69) is 11.7 Å². The van der Waals surface area contributed by atoms with Gasteiger partial charge in [-0.3, -0.25) is 4.79 Å². The van der Waals surface area contributed by atoms with E-state index in [0.29, 0.717) is 6.42 Å². The normalized spacial score (nSPS) is 19.6. The number of esters is 2. The molecular weight excluding hydrogens is 280 g/mol. The zero-order valence-electron chi connectivity index (χ0n) is 12.1. The molecule has 0 radical (unpaired) electrons. The molecule has 0 bridgehead atoms. The molecule has 120 valence electrons. The topological polar surface area (TPSA) is 113 Å². The Kier molecular flexibility index (Phi) is 7.18. The molecule has 0 unspecified atom stereocenters. The first-order valence-corrected chi connectivity index (χ1v) is 7.15. The number of aliphatic hydroxyl groups is 3. The number of aliphatic hydroxyl groups excluding tert-OH is 3. The van der Waals surface area contributed by atoms with Gasteiger partial charge in [-0.05, 0) is 6.42 Å². The summed E-state index contributed by atoms with van der Waals surface area (Å²) in [5.41, 5.74) is 0. The summed E-state index contributed by atoms with van der Waals surface area (Å²) in [7, 11) is 0. The smallest absolute Gasteiger partial charge is 0.378 e. The molecule has 0 spiro atoms. The van der Waals surface area contributed by atoms with Gasteiger partial charge in [0.05, 0.1) is 6.61 Å². The first-order valence-electron chi connectivity index (χ1n) is 7.15. The Balaban J connectivity index is 2.50. The minimum Gasteiger partial charge on any atom is -0.499 e. The fourth-order valence-corrected chi connectivity index (χ4v) is 1.96. The number of hydrogen-bond acceptors (Lipinski definition) is 7. The van der Waals surface area contributed by atoms with Gasteiger partial charge in [-0.15, -0.1) is 0 Å². The molecule has 0 saturated heterocycles. The lowest BCUT2D eigenvalue weighted by Gasteiger charge is -2.17. The maximum atomic E-state index is 11.7. The quantitative estimate of drug-likeness (QED) is 0.429. The van der Waals surface area contributed by atoms with Gasteiger partial charge in [-0.25, -0.2) is 4.79 Å². The van der Waals surface area contributed by atoms with Crippen LogP contribution in [-0.2, 0) is 19.1 Å². The predicted octanol–water partition coefficient (Wildman–Crippen LogP) is 0.938. The molecule has 7 nitrogen and oxygen atoms in total. The molecule has 0 saturated carbocycles. The summed E-state index contributed by atoms with van der Waals surface area (Å²) in [5.74, 6) is -2.97. The van der Waals surface area contributed by atoms with Crippen molar-refractivity contribution in [3.05, 3.63) is 11.5 Å². The van der Waals surface area contributed by atoms with Crippen molar-refractivity contribution in [1.29, 1.82) is 0 Å². The molecule has 0 aromatic heterocycles. The summed E-state index contributed by atoms with van der Waals surface area (Å²) < 4.78 is 9.56. The summed E-state index contributed by atoms with van der Waals surface area (Å²) in [4.78, 5) is 22.9. The summed E-state index contributed by atoms with van der Waals surface area (Å²) in [5, 5.41) is 27.8. The van der Waals surface area contributed by atoms with Crippen LogP contribution in [0.2, 0.25) is 0 Å². The molecule has 1 heterocycles. The van der Waals surface area contributed by atoms with E-state index in [1.807, 2.05) is 0 Å². The van der Waals surface area contributed by atoms with Crippen LogP contribution < -0.4 is 0 Å². The lowest BCUT2D eigenvalue weighted by molar-refractivity contribution is -0.151. The number of cyclic esters (lactones) is 1. The number of unbranched alkanes of at least 4 members (excludes halogenated alkanes) is 4. The molecular formula is C14H22O7. The Labute approximate surface area is 123 Å². The lowest BCUT2D eigenvalue weighted by Crippen LogP contribution is -2.33. The van der Waals surface area contributed by atoms with E-state index in [0.717, 1.165) is 25.7 Å². The van der Waals surface area contributed by atoms with Crippen LogP contribution >= 0.6 is 0 Å². The Morgan fingerprint density at radius 3 is 2.62 bits per heavy atom. The molecule has 1 aliphatic heterocycles. The van der Waals surface area contributed by atoms with Crippen molar-refractivity contribution in [2.45, 2.75) is 57.7 Å². The van der Waals surface area contributed by atoms with E-state index < -0.39 is 42.3 Å². The van der Waals surface area contributed by atoms with Crippen LogP contribution in [0.25, 0.3) is 0 Å². The molecule has 2 atom stereocenters. The highest BCUT2D eigenvalue weighted by Gasteiger charge is 2.41.